The fourth-order valence-corrected chi connectivity index (χ4v) is 1.07. The molecule has 0 saturated heterocycles. The molecule has 0 spiro atoms. The van der Waals surface area contributed by atoms with Gasteiger partial charge in [-0.05, 0) is 0 Å². The molecule has 5 nitrogen and oxygen atoms in total. The van der Waals surface area contributed by atoms with Gasteiger partial charge in [-0.15, -0.1) is 0 Å². The van der Waals surface area contributed by atoms with Crippen LogP contribution in [0.25, 0.3) is 0 Å². The maximum absolute atomic E-state index is 10.6. The first-order chi connectivity index (χ1) is 4.93. The number of methoxy groups -OCH3 is 1. The fraction of sp³-hybridized carbons (Fsp3) is 0.600. The summed E-state index contributed by atoms with van der Waals surface area (Å²) in [5.74, 6) is -1.05. The Balaban J connectivity index is 4.75. The maximum atomic E-state index is 10.6. The smallest absolute Gasteiger partial charge is 0.338 e. The number of hydrogen-bond acceptors (Lipinski definition) is 5. The Morgan fingerprint density at radius 2 is 2.09 bits per heavy atom. The molecule has 0 bridgehead atoms. The average Bonchev–Trinajstić information content (AvgIpc) is 1.86. The number of rotatable bonds is 2. The van der Waals surface area contributed by atoms with Crippen LogP contribution in [0.1, 0.15) is 0 Å². The predicted molar refractivity (Wildman–Crippen MR) is 36.3 cm³/mol. The molecule has 0 aromatic carbocycles. The van der Waals surface area contributed by atoms with Crippen molar-refractivity contribution in [2.45, 2.75) is 5.25 Å². The van der Waals surface area contributed by atoms with Gasteiger partial charge in [-0.25, -0.2) is 13.2 Å². The van der Waals surface area contributed by atoms with Gasteiger partial charge < -0.3 is 4.74 Å². The molecule has 0 aromatic heterocycles. The van der Waals surface area contributed by atoms with Crippen LogP contribution < -0.4 is 0 Å². The number of ether oxygens (including phenoxy) is 1. The fourth-order valence-electron chi connectivity index (χ4n) is 0.430. The van der Waals surface area contributed by atoms with Crippen LogP contribution in [0.4, 0.5) is 0 Å². The van der Waals surface area contributed by atoms with Gasteiger partial charge in [-0.2, -0.15) is 5.26 Å². The van der Waals surface area contributed by atoms with Gasteiger partial charge >= 0.3 is 5.97 Å². The topological polar surface area (TPSA) is 84.2 Å². The number of sulfone groups is 1. The summed E-state index contributed by atoms with van der Waals surface area (Å²) in [7, 11) is -2.64. The molecule has 11 heavy (non-hydrogen) atoms. The van der Waals surface area contributed by atoms with Crippen LogP contribution >= 0.6 is 0 Å². The van der Waals surface area contributed by atoms with Crippen molar-refractivity contribution < 1.29 is 17.9 Å². The normalized spacial score (nSPS) is 13.2. The third-order valence-corrected chi connectivity index (χ3v) is 2.11. The zero-order chi connectivity index (χ0) is 9.07. The highest BCUT2D eigenvalue weighted by Crippen LogP contribution is 1.99. The van der Waals surface area contributed by atoms with E-state index in [1.165, 1.54) is 6.07 Å². The molecule has 6 heteroatoms. The minimum Gasteiger partial charge on any atom is -0.467 e. The molecule has 0 N–H and O–H groups in total. The van der Waals surface area contributed by atoms with Gasteiger partial charge in [0.15, 0.2) is 9.84 Å². The van der Waals surface area contributed by atoms with E-state index >= 15 is 0 Å². The van der Waals surface area contributed by atoms with Gasteiger partial charge in [0.05, 0.1) is 13.2 Å². The highest BCUT2D eigenvalue weighted by atomic mass is 32.2. The lowest BCUT2D eigenvalue weighted by Gasteiger charge is -2.02. The first-order valence-electron chi connectivity index (χ1n) is 2.59. The van der Waals surface area contributed by atoms with Crippen molar-refractivity contribution in [3.8, 4) is 6.07 Å². The first-order valence-corrected chi connectivity index (χ1v) is 4.55. The SMILES string of the molecule is COC(=O)C(C#N)S(C)(=O)=O. The second-order valence-corrected chi connectivity index (χ2v) is 3.99. The minimum absolute atomic E-state index is 0.803. The number of nitrogens with zero attached hydrogens (tertiary/aromatic N) is 1. The summed E-state index contributed by atoms with van der Waals surface area (Å²) in [5.41, 5.74) is 0. The van der Waals surface area contributed by atoms with Crippen molar-refractivity contribution in [2.24, 2.45) is 0 Å². The molecule has 62 valence electrons. The Kier molecular flexibility index (Phi) is 3.01. The van der Waals surface area contributed by atoms with E-state index in [-0.39, 0.29) is 0 Å². The number of nitriles is 1. The molecule has 0 aliphatic heterocycles. The van der Waals surface area contributed by atoms with E-state index in [9.17, 15) is 13.2 Å². The average molecular weight is 177 g/mol. The van der Waals surface area contributed by atoms with E-state index in [1.807, 2.05) is 0 Å². The molecule has 1 atom stereocenters. The molecule has 1 unspecified atom stereocenters. The zero-order valence-corrected chi connectivity index (χ0v) is 6.88. The van der Waals surface area contributed by atoms with Crippen LogP contribution in [0.3, 0.4) is 0 Å². The van der Waals surface area contributed by atoms with Crippen LogP contribution in [0.5, 0.6) is 0 Å². The van der Waals surface area contributed by atoms with Crippen molar-refractivity contribution in [1.82, 2.24) is 0 Å². The molecular formula is C5H7NO4S. The Morgan fingerprint density at radius 3 is 2.18 bits per heavy atom. The summed E-state index contributed by atoms with van der Waals surface area (Å²) in [6, 6.07) is 1.33. The number of hydrogen-bond donors (Lipinski definition) is 0. The van der Waals surface area contributed by atoms with Crippen LogP contribution in [0.15, 0.2) is 0 Å². The van der Waals surface area contributed by atoms with Crippen LogP contribution in [-0.2, 0) is 19.4 Å². The molecule has 0 aliphatic carbocycles. The third-order valence-electron chi connectivity index (χ3n) is 0.961. The lowest BCUT2D eigenvalue weighted by Crippen LogP contribution is -2.28. The summed E-state index contributed by atoms with van der Waals surface area (Å²) >= 11 is 0. The van der Waals surface area contributed by atoms with Gasteiger partial charge in [-0.3, -0.25) is 0 Å². The van der Waals surface area contributed by atoms with Gasteiger partial charge in [0.25, 0.3) is 0 Å². The summed E-state index contributed by atoms with van der Waals surface area (Å²) in [6.07, 6.45) is 0.803. The van der Waals surface area contributed by atoms with Crippen molar-refractivity contribution in [3.05, 3.63) is 0 Å². The van der Waals surface area contributed by atoms with E-state index in [0.717, 1.165) is 13.4 Å². The van der Waals surface area contributed by atoms with Crippen molar-refractivity contribution >= 4 is 15.8 Å². The molecule has 0 heterocycles. The number of esters is 1. The van der Waals surface area contributed by atoms with Crippen molar-refractivity contribution in [1.29, 1.82) is 5.26 Å². The molecule has 0 fully saturated rings. The van der Waals surface area contributed by atoms with Gasteiger partial charge in [0, 0.05) is 6.26 Å². The van der Waals surface area contributed by atoms with Crippen LogP contribution in [-0.4, -0.2) is 33.0 Å². The van der Waals surface area contributed by atoms with E-state index in [2.05, 4.69) is 4.74 Å². The highest BCUT2D eigenvalue weighted by Gasteiger charge is 2.29. The van der Waals surface area contributed by atoms with E-state index in [1.54, 1.807) is 0 Å². The molecule has 0 aromatic rings. The molecule has 0 radical (unpaired) electrons. The van der Waals surface area contributed by atoms with E-state index in [0.29, 0.717) is 0 Å². The summed E-state index contributed by atoms with van der Waals surface area (Å²) < 4.78 is 25.4. The Bertz CT molecular complexity index is 286. The Hall–Kier alpha value is -1.09. The molecule has 0 amide bonds. The highest BCUT2D eigenvalue weighted by molar-refractivity contribution is 7.92. The second kappa shape index (κ2) is 3.34. The summed E-state index contributed by atoms with van der Waals surface area (Å²) in [4.78, 5) is 10.6. The Labute approximate surface area is 64.5 Å². The lowest BCUT2D eigenvalue weighted by atomic mass is 10.5. The molecule has 0 rings (SSSR count). The van der Waals surface area contributed by atoms with Gasteiger partial charge in [0.2, 0.25) is 5.25 Å². The van der Waals surface area contributed by atoms with Crippen molar-refractivity contribution in [3.63, 3.8) is 0 Å². The Morgan fingerprint density at radius 1 is 1.64 bits per heavy atom. The molecular weight excluding hydrogens is 170 g/mol. The monoisotopic (exact) mass is 177 g/mol. The number of carbonyl (C=O) groups is 1. The summed E-state index contributed by atoms with van der Waals surface area (Å²) in [5, 5.41) is 6.53. The van der Waals surface area contributed by atoms with Crippen molar-refractivity contribution in [2.75, 3.05) is 13.4 Å². The third kappa shape index (κ3) is 2.55. The van der Waals surface area contributed by atoms with Crippen LogP contribution in [0, 0.1) is 11.3 Å². The first kappa shape index (κ1) is 9.91. The second-order valence-electron chi connectivity index (χ2n) is 1.86. The number of carbonyl (C=O) groups excluding carboxylic acids is 1. The standard InChI is InChI=1S/C5H7NO4S/c1-10-5(7)4(3-6)11(2,8)9/h4H,1-2H3. The van der Waals surface area contributed by atoms with Crippen LogP contribution in [0.2, 0.25) is 0 Å². The van der Waals surface area contributed by atoms with Gasteiger partial charge in [-0.1, -0.05) is 0 Å². The predicted octanol–water partition coefficient (Wildman–Crippen LogP) is -0.904. The van der Waals surface area contributed by atoms with E-state index < -0.39 is 21.1 Å². The maximum Gasteiger partial charge on any atom is 0.338 e. The quantitative estimate of drug-likeness (QED) is 0.510. The van der Waals surface area contributed by atoms with E-state index in [4.69, 9.17) is 5.26 Å². The zero-order valence-electron chi connectivity index (χ0n) is 6.07. The molecule has 0 aliphatic rings. The summed E-state index contributed by atoms with van der Waals surface area (Å²) in [6.45, 7) is 0. The minimum atomic E-state index is -3.66. The van der Waals surface area contributed by atoms with Gasteiger partial charge in [0.1, 0.15) is 0 Å². The largest absolute Gasteiger partial charge is 0.467 e. The lowest BCUT2D eigenvalue weighted by molar-refractivity contribution is -0.138. The molecule has 0 saturated carbocycles.